The fourth-order valence-corrected chi connectivity index (χ4v) is 5.79. The molecule has 2 aliphatic rings. The number of aromatic nitrogens is 2. The van der Waals surface area contributed by atoms with Crippen molar-refractivity contribution < 1.29 is 14.3 Å². The molecule has 2 aromatic heterocycles. The normalized spacial score (nSPS) is 15.0. The van der Waals surface area contributed by atoms with Crippen LogP contribution in [0.1, 0.15) is 34.3 Å². The minimum atomic E-state index is -0.243. The summed E-state index contributed by atoms with van der Waals surface area (Å²) >= 11 is 1.44. The van der Waals surface area contributed by atoms with Crippen molar-refractivity contribution in [3.8, 4) is 16.9 Å². The van der Waals surface area contributed by atoms with E-state index < -0.39 is 0 Å². The first-order chi connectivity index (χ1) is 17.0. The first kappa shape index (κ1) is 21.7. The van der Waals surface area contributed by atoms with E-state index in [4.69, 9.17) is 4.74 Å². The third-order valence-corrected chi connectivity index (χ3v) is 7.79. The standard InChI is InChI=1S/C27H23N3O4S/c1-29-21-11-19(8-9-23(21)34-13-24(29)32)22(31)12-30-15-28-26-25(27(30)33)20(14-35-26)18-7-6-16-4-2-3-5-17(16)10-18/h6-11,14-15H,2-5,12-13H2,1H3. The second-order valence-corrected chi connectivity index (χ2v) is 9.90. The van der Waals surface area contributed by atoms with Gasteiger partial charge in [-0.3, -0.25) is 19.0 Å². The van der Waals surface area contributed by atoms with Crippen molar-refractivity contribution in [2.24, 2.45) is 0 Å². The number of benzene rings is 2. The van der Waals surface area contributed by atoms with Gasteiger partial charge in [-0.15, -0.1) is 11.3 Å². The first-order valence-corrected chi connectivity index (χ1v) is 12.5. The largest absolute Gasteiger partial charge is 0.482 e. The molecular formula is C27H23N3O4S. The fourth-order valence-electron chi connectivity index (χ4n) is 4.89. The second kappa shape index (κ2) is 8.46. The second-order valence-electron chi connectivity index (χ2n) is 9.04. The van der Waals surface area contributed by atoms with Gasteiger partial charge < -0.3 is 9.64 Å². The van der Waals surface area contributed by atoms with Crippen molar-refractivity contribution in [2.45, 2.75) is 32.2 Å². The van der Waals surface area contributed by atoms with Gasteiger partial charge in [-0.2, -0.15) is 0 Å². The van der Waals surface area contributed by atoms with Gasteiger partial charge in [0.2, 0.25) is 0 Å². The number of hydrogen-bond donors (Lipinski definition) is 0. The van der Waals surface area contributed by atoms with Gasteiger partial charge in [0.1, 0.15) is 10.6 Å². The lowest BCUT2D eigenvalue weighted by molar-refractivity contribution is -0.120. The Labute approximate surface area is 205 Å². The minimum absolute atomic E-state index is 0.0228. The van der Waals surface area contributed by atoms with Crippen LogP contribution in [0.3, 0.4) is 0 Å². The summed E-state index contributed by atoms with van der Waals surface area (Å²) < 4.78 is 6.81. The van der Waals surface area contributed by atoms with Gasteiger partial charge in [-0.05, 0) is 60.6 Å². The van der Waals surface area contributed by atoms with Gasteiger partial charge >= 0.3 is 0 Å². The number of ketones is 1. The maximum Gasteiger partial charge on any atom is 0.264 e. The number of nitrogens with zero attached hydrogens (tertiary/aromatic N) is 3. The van der Waals surface area contributed by atoms with Crippen LogP contribution in [-0.4, -0.2) is 34.9 Å². The summed E-state index contributed by atoms with van der Waals surface area (Å²) in [6.07, 6.45) is 6.02. The Bertz CT molecular complexity index is 1570. The predicted molar refractivity (Wildman–Crippen MR) is 136 cm³/mol. The number of amides is 1. The van der Waals surface area contributed by atoms with Crippen molar-refractivity contribution in [3.05, 3.63) is 75.1 Å². The number of likely N-dealkylation sites (N-methyl/N-ethyl adjacent to an activating group) is 1. The van der Waals surface area contributed by atoms with Crippen molar-refractivity contribution >= 4 is 38.9 Å². The molecule has 1 amide bonds. The van der Waals surface area contributed by atoms with Gasteiger partial charge in [0.05, 0.1) is 23.9 Å². The molecule has 0 spiro atoms. The molecule has 0 fully saturated rings. The number of thiophene rings is 1. The smallest absolute Gasteiger partial charge is 0.264 e. The predicted octanol–water partition coefficient (Wildman–Crippen LogP) is 4.24. The zero-order valence-corrected chi connectivity index (χ0v) is 20.1. The Balaban J connectivity index is 1.34. The quantitative estimate of drug-likeness (QED) is 0.404. The molecule has 35 heavy (non-hydrogen) atoms. The van der Waals surface area contributed by atoms with Crippen molar-refractivity contribution in [1.29, 1.82) is 0 Å². The zero-order chi connectivity index (χ0) is 24.1. The average Bonchev–Trinajstić information content (AvgIpc) is 3.32. The van der Waals surface area contributed by atoms with E-state index in [0.717, 1.165) is 24.0 Å². The monoisotopic (exact) mass is 485 g/mol. The van der Waals surface area contributed by atoms with E-state index in [-0.39, 0.29) is 30.4 Å². The molecule has 1 aliphatic heterocycles. The number of carbonyl (C=O) groups is 2. The number of anilines is 1. The lowest BCUT2D eigenvalue weighted by atomic mass is 9.89. The van der Waals surface area contributed by atoms with Crippen LogP contribution in [0, 0.1) is 0 Å². The summed E-state index contributed by atoms with van der Waals surface area (Å²) in [5.74, 6) is 0.130. The van der Waals surface area contributed by atoms with E-state index in [1.54, 1.807) is 25.2 Å². The minimum Gasteiger partial charge on any atom is -0.482 e. The third-order valence-electron chi connectivity index (χ3n) is 6.90. The van der Waals surface area contributed by atoms with Crippen LogP contribution in [0.4, 0.5) is 5.69 Å². The SMILES string of the molecule is CN1C(=O)COc2ccc(C(=O)Cn3cnc4scc(-c5ccc6c(c5)CCCC6)c4c3=O)cc21. The van der Waals surface area contributed by atoms with Gasteiger partial charge in [0.15, 0.2) is 12.4 Å². The maximum atomic E-state index is 13.5. The molecule has 0 saturated carbocycles. The molecule has 0 unspecified atom stereocenters. The van der Waals surface area contributed by atoms with E-state index in [1.807, 2.05) is 5.38 Å². The molecule has 0 atom stereocenters. The van der Waals surface area contributed by atoms with Crippen LogP contribution >= 0.6 is 11.3 Å². The van der Waals surface area contributed by atoms with Gasteiger partial charge in [0, 0.05) is 23.6 Å². The Morgan fingerprint density at radius 2 is 1.91 bits per heavy atom. The summed E-state index contributed by atoms with van der Waals surface area (Å²) in [4.78, 5) is 45.1. The number of aryl methyl sites for hydroxylation is 2. The third kappa shape index (κ3) is 3.74. The van der Waals surface area contributed by atoms with Gasteiger partial charge in [0.25, 0.3) is 11.5 Å². The number of Topliss-reactive ketones (excluding diaryl/α,β-unsaturated/α-hetero) is 1. The molecule has 0 bridgehead atoms. The molecule has 0 N–H and O–H groups in total. The molecule has 4 aromatic rings. The number of rotatable bonds is 4. The molecule has 7 nitrogen and oxygen atoms in total. The Morgan fingerprint density at radius 1 is 1.09 bits per heavy atom. The Morgan fingerprint density at radius 3 is 2.77 bits per heavy atom. The summed E-state index contributed by atoms with van der Waals surface area (Å²) in [6, 6.07) is 11.4. The highest BCUT2D eigenvalue weighted by atomic mass is 32.1. The Kier molecular flexibility index (Phi) is 5.25. The maximum absolute atomic E-state index is 13.5. The Hall–Kier alpha value is -3.78. The van der Waals surface area contributed by atoms with Crippen molar-refractivity contribution in [2.75, 3.05) is 18.6 Å². The lowest BCUT2D eigenvalue weighted by Crippen LogP contribution is -2.35. The zero-order valence-electron chi connectivity index (χ0n) is 19.2. The van der Waals surface area contributed by atoms with Crippen LogP contribution in [0.5, 0.6) is 5.75 Å². The molecule has 1 aliphatic carbocycles. The van der Waals surface area contributed by atoms with Gasteiger partial charge in [-0.25, -0.2) is 4.98 Å². The van der Waals surface area contributed by atoms with Crippen molar-refractivity contribution in [3.63, 3.8) is 0 Å². The van der Waals surface area contributed by atoms with Crippen LogP contribution in [0.25, 0.3) is 21.3 Å². The van der Waals surface area contributed by atoms with Gasteiger partial charge in [-0.1, -0.05) is 18.2 Å². The van der Waals surface area contributed by atoms with E-state index in [0.29, 0.717) is 27.2 Å². The molecule has 3 heterocycles. The van der Waals surface area contributed by atoms with Crippen LogP contribution in [-0.2, 0) is 24.2 Å². The van der Waals surface area contributed by atoms with Crippen LogP contribution in [0.15, 0.2) is 52.9 Å². The van der Waals surface area contributed by atoms with E-state index in [1.165, 1.54) is 51.1 Å². The highest BCUT2D eigenvalue weighted by Crippen LogP contribution is 2.34. The summed E-state index contributed by atoms with van der Waals surface area (Å²) in [5, 5.41) is 2.52. The van der Waals surface area contributed by atoms with E-state index >= 15 is 0 Å². The highest BCUT2D eigenvalue weighted by Gasteiger charge is 2.24. The number of fused-ring (bicyclic) bond motifs is 3. The first-order valence-electron chi connectivity index (χ1n) is 11.6. The van der Waals surface area contributed by atoms with Crippen molar-refractivity contribution in [1.82, 2.24) is 9.55 Å². The van der Waals surface area contributed by atoms with Crippen LogP contribution in [0.2, 0.25) is 0 Å². The summed E-state index contributed by atoms with van der Waals surface area (Å²) in [6.45, 7) is -0.163. The average molecular weight is 486 g/mol. The highest BCUT2D eigenvalue weighted by molar-refractivity contribution is 7.17. The topological polar surface area (TPSA) is 81.5 Å². The molecule has 0 radical (unpaired) electrons. The molecule has 0 saturated heterocycles. The fraction of sp³-hybridized carbons (Fsp3) is 0.259. The summed E-state index contributed by atoms with van der Waals surface area (Å²) in [7, 11) is 1.65. The molecule has 8 heteroatoms. The lowest BCUT2D eigenvalue weighted by Gasteiger charge is -2.26. The molecular weight excluding hydrogens is 462 g/mol. The number of ether oxygens (including phenoxy) is 1. The van der Waals surface area contributed by atoms with Crippen LogP contribution < -0.4 is 15.2 Å². The number of carbonyl (C=O) groups excluding carboxylic acids is 2. The molecule has 2 aromatic carbocycles. The van der Waals surface area contributed by atoms with E-state index in [2.05, 4.69) is 23.2 Å². The number of hydrogen-bond acceptors (Lipinski definition) is 6. The summed E-state index contributed by atoms with van der Waals surface area (Å²) in [5.41, 5.74) is 5.34. The molecule has 176 valence electrons. The molecule has 6 rings (SSSR count). The van der Waals surface area contributed by atoms with E-state index in [9.17, 15) is 14.4 Å².